The van der Waals surface area contributed by atoms with Gasteiger partial charge in [-0.15, -0.1) is 0 Å². The Morgan fingerprint density at radius 1 is 1.47 bits per heavy atom. The number of H-pyrrole nitrogens is 1. The van der Waals surface area contributed by atoms with Crippen molar-refractivity contribution in [1.82, 2.24) is 4.98 Å². The summed E-state index contributed by atoms with van der Waals surface area (Å²) in [4.78, 5) is 14.2. The van der Waals surface area contributed by atoms with E-state index in [-0.39, 0.29) is 5.82 Å². The molecule has 0 saturated heterocycles. The van der Waals surface area contributed by atoms with Crippen molar-refractivity contribution in [1.29, 1.82) is 0 Å². The van der Waals surface area contributed by atoms with Gasteiger partial charge in [0.25, 0.3) is 0 Å². The van der Waals surface area contributed by atoms with Crippen LogP contribution in [0.5, 0.6) is 0 Å². The second kappa shape index (κ2) is 4.82. The molecule has 1 aromatic heterocycles. The van der Waals surface area contributed by atoms with Crippen molar-refractivity contribution in [2.75, 3.05) is 6.61 Å². The molecule has 1 heterocycles. The predicted octanol–water partition coefficient (Wildman–Crippen LogP) is 2.88. The zero-order valence-corrected chi connectivity index (χ0v) is 9.37. The predicted molar refractivity (Wildman–Crippen MR) is 63.9 cm³/mol. The van der Waals surface area contributed by atoms with Crippen LogP contribution < -0.4 is 0 Å². The second-order valence-corrected chi connectivity index (χ2v) is 3.54. The normalized spacial score (nSPS) is 11.2. The molecule has 0 bridgehead atoms. The molecular formula is C13H12FNO2. The minimum absolute atomic E-state index is 0.280. The van der Waals surface area contributed by atoms with E-state index in [9.17, 15) is 9.18 Å². The van der Waals surface area contributed by atoms with E-state index in [1.807, 2.05) is 0 Å². The Bertz CT molecular complexity index is 572. The van der Waals surface area contributed by atoms with Gasteiger partial charge in [-0.1, -0.05) is 0 Å². The number of carbonyl (C=O) groups excluding carboxylic acids is 1. The fourth-order valence-corrected chi connectivity index (χ4v) is 1.56. The minimum atomic E-state index is -0.391. The first-order chi connectivity index (χ1) is 8.19. The average Bonchev–Trinajstić information content (AvgIpc) is 2.68. The number of esters is 1. The highest BCUT2D eigenvalue weighted by molar-refractivity contribution is 5.89. The molecule has 17 heavy (non-hydrogen) atoms. The van der Waals surface area contributed by atoms with Gasteiger partial charge in [-0.05, 0) is 37.3 Å². The van der Waals surface area contributed by atoms with Crippen LogP contribution in [0.2, 0.25) is 0 Å². The Morgan fingerprint density at radius 2 is 2.29 bits per heavy atom. The van der Waals surface area contributed by atoms with Crippen molar-refractivity contribution in [2.45, 2.75) is 6.92 Å². The van der Waals surface area contributed by atoms with Crippen molar-refractivity contribution in [3.05, 3.63) is 41.9 Å². The van der Waals surface area contributed by atoms with Crippen LogP contribution in [0, 0.1) is 5.82 Å². The van der Waals surface area contributed by atoms with E-state index >= 15 is 0 Å². The first-order valence-electron chi connectivity index (χ1n) is 5.32. The number of hydrogen-bond acceptors (Lipinski definition) is 2. The van der Waals surface area contributed by atoms with Crippen LogP contribution in [0.4, 0.5) is 4.39 Å². The zero-order valence-electron chi connectivity index (χ0n) is 9.37. The number of aromatic amines is 1. The van der Waals surface area contributed by atoms with Crippen molar-refractivity contribution >= 4 is 22.9 Å². The highest BCUT2D eigenvalue weighted by Gasteiger charge is 2.00. The van der Waals surface area contributed by atoms with Gasteiger partial charge in [0.15, 0.2) is 0 Å². The summed E-state index contributed by atoms with van der Waals surface area (Å²) in [6.45, 7) is 2.10. The Kier molecular flexibility index (Phi) is 3.23. The lowest BCUT2D eigenvalue weighted by molar-refractivity contribution is -0.137. The van der Waals surface area contributed by atoms with Crippen LogP contribution in [0.25, 0.3) is 17.0 Å². The van der Waals surface area contributed by atoms with Crippen LogP contribution in [0.15, 0.2) is 30.3 Å². The molecular weight excluding hydrogens is 221 g/mol. The number of aromatic nitrogens is 1. The van der Waals surface area contributed by atoms with Gasteiger partial charge in [0.05, 0.1) is 6.61 Å². The van der Waals surface area contributed by atoms with Gasteiger partial charge in [0, 0.05) is 22.7 Å². The lowest BCUT2D eigenvalue weighted by Crippen LogP contribution is -1.98. The average molecular weight is 233 g/mol. The summed E-state index contributed by atoms with van der Waals surface area (Å²) in [5, 5.41) is 0.772. The molecule has 2 aromatic rings. The Morgan fingerprint density at radius 3 is 3.06 bits per heavy atom. The van der Waals surface area contributed by atoms with Crippen molar-refractivity contribution in [3.8, 4) is 0 Å². The maximum Gasteiger partial charge on any atom is 0.330 e. The third-order valence-corrected chi connectivity index (χ3v) is 2.29. The van der Waals surface area contributed by atoms with Crippen LogP contribution in [-0.4, -0.2) is 17.6 Å². The first-order valence-corrected chi connectivity index (χ1v) is 5.32. The molecule has 0 fully saturated rings. The van der Waals surface area contributed by atoms with Gasteiger partial charge in [0.2, 0.25) is 0 Å². The smallest absolute Gasteiger partial charge is 0.330 e. The van der Waals surface area contributed by atoms with Crippen LogP contribution in [0.1, 0.15) is 12.6 Å². The lowest BCUT2D eigenvalue weighted by Gasteiger charge is -1.93. The molecule has 1 aromatic carbocycles. The standard InChI is InChI=1S/C13H12FNO2/c1-2-17-13(16)6-4-11-8-9-7-10(14)3-5-12(9)15-11/h3-8,15H,2H2,1H3/b6-4+. The van der Waals surface area contributed by atoms with Crippen molar-refractivity contribution in [3.63, 3.8) is 0 Å². The maximum atomic E-state index is 13.0. The van der Waals surface area contributed by atoms with Crippen molar-refractivity contribution < 1.29 is 13.9 Å². The van der Waals surface area contributed by atoms with E-state index in [0.29, 0.717) is 6.61 Å². The number of halogens is 1. The molecule has 0 aliphatic rings. The summed E-state index contributed by atoms with van der Waals surface area (Å²) < 4.78 is 17.7. The molecule has 0 radical (unpaired) electrons. The van der Waals surface area contributed by atoms with E-state index in [1.165, 1.54) is 18.2 Å². The SMILES string of the molecule is CCOC(=O)/C=C/c1cc2cc(F)ccc2[nH]1. The Balaban J connectivity index is 2.22. The largest absolute Gasteiger partial charge is 0.463 e. The molecule has 0 aliphatic heterocycles. The molecule has 0 aliphatic carbocycles. The number of ether oxygens (including phenoxy) is 1. The van der Waals surface area contributed by atoms with Crippen LogP contribution >= 0.6 is 0 Å². The van der Waals surface area contributed by atoms with Gasteiger partial charge in [-0.2, -0.15) is 0 Å². The fraction of sp³-hybridized carbons (Fsp3) is 0.154. The first kappa shape index (κ1) is 11.4. The molecule has 0 saturated carbocycles. The number of carbonyl (C=O) groups is 1. The molecule has 3 nitrogen and oxygen atoms in total. The van der Waals surface area contributed by atoms with Gasteiger partial charge >= 0.3 is 5.97 Å². The number of benzene rings is 1. The van der Waals surface area contributed by atoms with E-state index in [0.717, 1.165) is 16.6 Å². The highest BCUT2D eigenvalue weighted by atomic mass is 19.1. The summed E-state index contributed by atoms with van der Waals surface area (Å²) in [5.41, 5.74) is 1.56. The zero-order chi connectivity index (χ0) is 12.3. The summed E-state index contributed by atoms with van der Waals surface area (Å²) >= 11 is 0. The van der Waals surface area contributed by atoms with E-state index < -0.39 is 5.97 Å². The third kappa shape index (κ3) is 2.72. The van der Waals surface area contributed by atoms with Crippen LogP contribution in [0.3, 0.4) is 0 Å². The van der Waals surface area contributed by atoms with Crippen LogP contribution in [-0.2, 0) is 9.53 Å². The molecule has 2 rings (SSSR count). The number of fused-ring (bicyclic) bond motifs is 1. The molecule has 0 unspecified atom stereocenters. The summed E-state index contributed by atoms with van der Waals surface area (Å²) in [6.07, 6.45) is 2.94. The van der Waals surface area contributed by atoms with E-state index in [1.54, 1.807) is 25.1 Å². The van der Waals surface area contributed by atoms with Gasteiger partial charge in [0.1, 0.15) is 5.82 Å². The Hall–Kier alpha value is -2.10. The fourth-order valence-electron chi connectivity index (χ4n) is 1.56. The molecule has 0 amide bonds. The lowest BCUT2D eigenvalue weighted by atomic mass is 10.2. The topological polar surface area (TPSA) is 42.1 Å². The number of rotatable bonds is 3. The summed E-state index contributed by atoms with van der Waals surface area (Å²) in [6, 6.07) is 6.26. The molecule has 1 N–H and O–H groups in total. The third-order valence-electron chi connectivity index (χ3n) is 2.29. The van der Waals surface area contributed by atoms with Gasteiger partial charge in [-0.25, -0.2) is 9.18 Å². The van der Waals surface area contributed by atoms with E-state index in [2.05, 4.69) is 4.98 Å². The summed E-state index contributed by atoms with van der Waals surface area (Å²) in [5.74, 6) is -0.672. The quantitative estimate of drug-likeness (QED) is 0.654. The highest BCUT2D eigenvalue weighted by Crippen LogP contribution is 2.17. The monoisotopic (exact) mass is 233 g/mol. The number of hydrogen-bond donors (Lipinski definition) is 1. The minimum Gasteiger partial charge on any atom is -0.463 e. The molecule has 4 heteroatoms. The summed E-state index contributed by atoms with van der Waals surface area (Å²) in [7, 11) is 0. The molecule has 0 spiro atoms. The number of nitrogens with one attached hydrogen (secondary N) is 1. The Labute approximate surface area is 97.9 Å². The van der Waals surface area contributed by atoms with Gasteiger partial charge in [-0.3, -0.25) is 0 Å². The maximum absolute atomic E-state index is 13.0. The van der Waals surface area contributed by atoms with Gasteiger partial charge < -0.3 is 9.72 Å². The second-order valence-electron chi connectivity index (χ2n) is 3.54. The molecule has 0 atom stereocenters. The van der Waals surface area contributed by atoms with E-state index in [4.69, 9.17) is 4.74 Å². The van der Waals surface area contributed by atoms with Crippen molar-refractivity contribution in [2.24, 2.45) is 0 Å². The molecule has 88 valence electrons.